The molecule has 0 radical (unpaired) electrons. The van der Waals surface area contributed by atoms with E-state index in [1.807, 2.05) is 0 Å². The molecule has 3 aromatic rings. The van der Waals surface area contributed by atoms with Gasteiger partial charge in [0.25, 0.3) is 5.91 Å². The Bertz CT molecular complexity index is 792. The minimum Gasteiger partial charge on any atom is -0.497 e. The Morgan fingerprint density at radius 2 is 1.73 bits per heavy atom. The van der Waals surface area contributed by atoms with E-state index in [1.165, 1.54) is 22.8 Å². The van der Waals surface area contributed by atoms with Gasteiger partial charge in [-0.3, -0.25) is 9.36 Å². The summed E-state index contributed by atoms with van der Waals surface area (Å²) in [5.41, 5.74) is 1.76. The Balaban J connectivity index is 2.09. The highest BCUT2D eigenvalue weighted by Crippen LogP contribution is 2.27. The Kier molecular flexibility index (Phi) is 3.74. The average Bonchev–Trinajstić information content (AvgIpc) is 3.09. The summed E-state index contributed by atoms with van der Waals surface area (Å²) in [5.74, 6) is 0.129. The second-order valence-electron chi connectivity index (χ2n) is 4.81. The minimum atomic E-state index is -0.380. The fourth-order valence-corrected chi connectivity index (χ4v) is 2.32. The van der Waals surface area contributed by atoms with Crippen LogP contribution < -0.4 is 4.74 Å². The lowest BCUT2D eigenvalue weighted by atomic mass is 9.99. The quantitative estimate of drug-likeness (QED) is 0.731. The van der Waals surface area contributed by atoms with Gasteiger partial charge in [-0.25, -0.2) is 4.39 Å². The molecule has 2 aromatic carbocycles. The predicted octanol–water partition coefficient (Wildman–Crippen LogP) is 3.99. The molecule has 0 N–H and O–H groups in total. The zero-order chi connectivity index (χ0) is 15.5. The van der Waals surface area contributed by atoms with Crippen LogP contribution >= 0.6 is 0 Å². The van der Waals surface area contributed by atoms with Gasteiger partial charge in [0.15, 0.2) is 0 Å². The van der Waals surface area contributed by atoms with Crippen molar-refractivity contribution in [2.75, 3.05) is 7.11 Å². The van der Waals surface area contributed by atoms with Crippen LogP contribution in [0, 0.1) is 5.82 Å². The molecule has 0 saturated carbocycles. The van der Waals surface area contributed by atoms with E-state index in [0.717, 1.165) is 5.56 Å². The van der Waals surface area contributed by atoms with Crippen LogP contribution in [0.4, 0.5) is 4.39 Å². The van der Waals surface area contributed by atoms with Gasteiger partial charge < -0.3 is 4.74 Å². The summed E-state index contributed by atoms with van der Waals surface area (Å²) < 4.78 is 20.2. The monoisotopic (exact) mass is 295 g/mol. The first kappa shape index (κ1) is 14.1. The number of rotatable bonds is 3. The molecule has 0 aliphatic carbocycles. The number of hydrogen-bond acceptors (Lipinski definition) is 2. The molecule has 0 spiro atoms. The van der Waals surface area contributed by atoms with Gasteiger partial charge in [-0.1, -0.05) is 12.1 Å². The van der Waals surface area contributed by atoms with Crippen molar-refractivity contribution in [3.63, 3.8) is 0 Å². The molecule has 110 valence electrons. The zero-order valence-electron chi connectivity index (χ0n) is 12.0. The smallest absolute Gasteiger partial charge is 0.262 e. The van der Waals surface area contributed by atoms with Crippen LogP contribution in [-0.2, 0) is 0 Å². The molecule has 0 atom stereocenters. The van der Waals surface area contributed by atoms with Gasteiger partial charge in [-0.2, -0.15) is 0 Å². The van der Waals surface area contributed by atoms with Gasteiger partial charge in [-0.15, -0.1) is 0 Å². The van der Waals surface area contributed by atoms with Gasteiger partial charge in [0.2, 0.25) is 0 Å². The fraction of sp³-hybridized carbons (Fsp3) is 0.0556. The van der Waals surface area contributed by atoms with E-state index in [-0.39, 0.29) is 11.7 Å². The van der Waals surface area contributed by atoms with E-state index in [2.05, 4.69) is 0 Å². The number of ether oxygens (including phenoxy) is 1. The molecule has 0 amide bonds. The summed E-state index contributed by atoms with van der Waals surface area (Å²) in [7, 11) is 1.58. The highest BCUT2D eigenvalue weighted by molar-refractivity contribution is 6.02. The van der Waals surface area contributed by atoms with Crippen LogP contribution in [0.25, 0.3) is 11.1 Å². The largest absolute Gasteiger partial charge is 0.497 e. The Hall–Kier alpha value is -2.88. The van der Waals surface area contributed by atoms with Crippen molar-refractivity contribution in [2.24, 2.45) is 0 Å². The van der Waals surface area contributed by atoms with Crippen LogP contribution in [0.5, 0.6) is 5.75 Å². The average molecular weight is 295 g/mol. The first-order valence-electron chi connectivity index (χ1n) is 6.80. The molecular weight excluding hydrogens is 281 g/mol. The highest BCUT2D eigenvalue weighted by Gasteiger charge is 2.15. The molecule has 1 aromatic heterocycles. The Morgan fingerprint density at radius 3 is 2.36 bits per heavy atom. The second-order valence-corrected chi connectivity index (χ2v) is 4.81. The van der Waals surface area contributed by atoms with Crippen LogP contribution in [0.15, 0.2) is 67.0 Å². The lowest BCUT2D eigenvalue weighted by Crippen LogP contribution is -2.11. The van der Waals surface area contributed by atoms with Gasteiger partial charge in [-0.05, 0) is 53.6 Å². The number of nitrogens with zero attached hydrogens (tertiary/aromatic N) is 1. The third-order valence-electron chi connectivity index (χ3n) is 3.45. The first-order chi connectivity index (χ1) is 10.7. The lowest BCUT2D eigenvalue weighted by molar-refractivity contribution is 0.0961. The van der Waals surface area contributed by atoms with E-state index >= 15 is 0 Å². The molecule has 1 heterocycles. The first-order valence-corrected chi connectivity index (χ1v) is 6.80. The zero-order valence-corrected chi connectivity index (χ0v) is 12.0. The third kappa shape index (κ3) is 2.63. The lowest BCUT2D eigenvalue weighted by Gasteiger charge is -2.10. The van der Waals surface area contributed by atoms with E-state index < -0.39 is 0 Å². The normalized spacial score (nSPS) is 10.5. The summed E-state index contributed by atoms with van der Waals surface area (Å²) >= 11 is 0. The maximum absolute atomic E-state index is 13.6. The molecule has 4 heteroatoms. The summed E-state index contributed by atoms with van der Waals surface area (Å²) in [5, 5.41) is 0. The van der Waals surface area contributed by atoms with Crippen molar-refractivity contribution in [1.29, 1.82) is 0 Å². The summed E-state index contributed by atoms with van der Waals surface area (Å²) in [6, 6.07) is 14.9. The van der Waals surface area contributed by atoms with E-state index in [4.69, 9.17) is 4.74 Å². The predicted molar refractivity (Wildman–Crippen MR) is 82.5 cm³/mol. The number of halogens is 1. The topological polar surface area (TPSA) is 31.2 Å². The molecule has 0 aliphatic rings. The maximum atomic E-state index is 13.6. The number of hydrogen-bond donors (Lipinski definition) is 0. The van der Waals surface area contributed by atoms with Crippen LogP contribution in [0.1, 0.15) is 10.4 Å². The Labute approximate surface area is 127 Å². The van der Waals surface area contributed by atoms with E-state index in [1.54, 1.807) is 55.9 Å². The second kappa shape index (κ2) is 5.85. The number of methoxy groups -OCH3 is 1. The van der Waals surface area contributed by atoms with Crippen LogP contribution in [0.2, 0.25) is 0 Å². The molecule has 0 unspecified atom stereocenters. The van der Waals surface area contributed by atoms with Crippen molar-refractivity contribution in [3.8, 4) is 16.9 Å². The van der Waals surface area contributed by atoms with Crippen molar-refractivity contribution in [1.82, 2.24) is 4.57 Å². The highest BCUT2D eigenvalue weighted by atomic mass is 19.1. The number of benzene rings is 2. The summed E-state index contributed by atoms with van der Waals surface area (Å²) in [6.07, 6.45) is 3.34. The molecule has 3 nitrogen and oxygen atoms in total. The van der Waals surface area contributed by atoms with Gasteiger partial charge in [0.05, 0.1) is 7.11 Å². The number of aromatic nitrogens is 1. The number of carbonyl (C=O) groups is 1. The van der Waals surface area contributed by atoms with E-state index in [9.17, 15) is 9.18 Å². The van der Waals surface area contributed by atoms with Crippen LogP contribution in [-0.4, -0.2) is 17.6 Å². The van der Waals surface area contributed by atoms with Crippen LogP contribution in [0.3, 0.4) is 0 Å². The van der Waals surface area contributed by atoms with Crippen molar-refractivity contribution in [2.45, 2.75) is 0 Å². The fourth-order valence-electron chi connectivity index (χ4n) is 2.32. The van der Waals surface area contributed by atoms with E-state index in [0.29, 0.717) is 16.9 Å². The van der Waals surface area contributed by atoms with Gasteiger partial charge >= 0.3 is 0 Å². The number of carbonyl (C=O) groups excluding carboxylic acids is 1. The van der Waals surface area contributed by atoms with Gasteiger partial charge in [0, 0.05) is 18.0 Å². The molecule has 0 aliphatic heterocycles. The summed E-state index contributed by atoms with van der Waals surface area (Å²) in [4.78, 5) is 12.6. The van der Waals surface area contributed by atoms with Crippen molar-refractivity contribution >= 4 is 5.91 Å². The molecular formula is C18H14FNO2. The minimum absolute atomic E-state index is 0.198. The SMILES string of the molecule is COc1ccc(-c2cc(F)ccc2C(=O)n2cccc2)cc1. The van der Waals surface area contributed by atoms with Crippen molar-refractivity contribution < 1.29 is 13.9 Å². The molecule has 0 fully saturated rings. The maximum Gasteiger partial charge on any atom is 0.262 e. The standard InChI is InChI=1S/C18H14FNO2/c1-22-15-7-4-13(5-8-15)17-12-14(19)6-9-16(17)18(21)20-10-2-3-11-20/h2-12H,1H3. The molecule has 0 saturated heterocycles. The third-order valence-corrected chi connectivity index (χ3v) is 3.45. The molecule has 3 rings (SSSR count). The van der Waals surface area contributed by atoms with Crippen molar-refractivity contribution in [3.05, 3.63) is 78.4 Å². The Morgan fingerprint density at radius 1 is 1.05 bits per heavy atom. The van der Waals surface area contributed by atoms with Gasteiger partial charge in [0.1, 0.15) is 11.6 Å². The molecule has 22 heavy (non-hydrogen) atoms. The summed E-state index contributed by atoms with van der Waals surface area (Å²) in [6.45, 7) is 0. The molecule has 0 bridgehead atoms.